The zero-order valence-corrected chi connectivity index (χ0v) is 18.4. The molecule has 33 heavy (non-hydrogen) atoms. The van der Waals surface area contributed by atoms with Crippen molar-refractivity contribution in [3.05, 3.63) is 102 Å². The van der Waals surface area contributed by atoms with Crippen molar-refractivity contribution in [2.24, 2.45) is 0 Å². The first-order valence-electron chi connectivity index (χ1n) is 10.6. The van der Waals surface area contributed by atoms with Gasteiger partial charge >= 0.3 is 6.03 Å². The summed E-state index contributed by atoms with van der Waals surface area (Å²) in [5.41, 5.74) is 0.728. The number of nitrogens with one attached hydrogen (secondary N) is 2. The molecule has 2 N–H and O–H groups in total. The highest BCUT2D eigenvalue weighted by molar-refractivity contribution is 6.12. The van der Waals surface area contributed by atoms with Gasteiger partial charge in [-0.2, -0.15) is 0 Å². The Bertz CT molecular complexity index is 1110. The van der Waals surface area contributed by atoms with E-state index < -0.39 is 29.4 Å². The molecule has 0 bridgehead atoms. The summed E-state index contributed by atoms with van der Waals surface area (Å²) in [6.07, 6.45) is 0. The normalized spacial score (nSPS) is 15.6. The molecule has 4 rings (SSSR count). The highest BCUT2D eigenvalue weighted by atomic mass is 16.5. The summed E-state index contributed by atoms with van der Waals surface area (Å²) < 4.78 is 5.14. The Morgan fingerprint density at radius 2 is 1.48 bits per heavy atom. The van der Waals surface area contributed by atoms with Gasteiger partial charge in [-0.05, 0) is 35.7 Å². The van der Waals surface area contributed by atoms with E-state index in [0.29, 0.717) is 11.1 Å². The maximum absolute atomic E-state index is 13.8. The van der Waals surface area contributed by atoms with Crippen LogP contribution in [0.5, 0.6) is 5.75 Å². The number of benzene rings is 3. The highest BCUT2D eigenvalue weighted by Gasteiger charge is 2.55. The Hall–Kier alpha value is -4.13. The van der Waals surface area contributed by atoms with Crippen molar-refractivity contribution in [1.82, 2.24) is 15.5 Å². The second-order valence-corrected chi connectivity index (χ2v) is 7.83. The molecule has 3 aromatic carbocycles. The number of nitrogens with zero attached hydrogens (tertiary/aromatic N) is 1. The maximum Gasteiger partial charge on any atom is 0.326 e. The molecule has 0 saturated carbocycles. The van der Waals surface area contributed by atoms with Gasteiger partial charge in [0.05, 0.1) is 7.11 Å². The number of methoxy groups -OCH3 is 1. The molecule has 1 aliphatic rings. The van der Waals surface area contributed by atoms with Crippen molar-refractivity contribution in [3.63, 3.8) is 0 Å². The van der Waals surface area contributed by atoms with Crippen LogP contribution in [0.1, 0.15) is 23.6 Å². The number of carbonyl (C=O) groups excluding carboxylic acids is 3. The number of imide groups is 1. The molecule has 1 aliphatic heterocycles. The van der Waals surface area contributed by atoms with Crippen molar-refractivity contribution in [2.75, 3.05) is 7.11 Å². The van der Waals surface area contributed by atoms with E-state index in [1.807, 2.05) is 48.5 Å². The van der Waals surface area contributed by atoms with E-state index in [1.165, 1.54) is 0 Å². The first-order valence-corrected chi connectivity index (χ1v) is 10.6. The summed E-state index contributed by atoms with van der Waals surface area (Å²) in [6.45, 7) is 1.81. The van der Waals surface area contributed by atoms with Crippen LogP contribution in [0.2, 0.25) is 0 Å². The van der Waals surface area contributed by atoms with Gasteiger partial charge in [-0.15, -0.1) is 0 Å². The zero-order valence-electron chi connectivity index (χ0n) is 18.4. The summed E-state index contributed by atoms with van der Waals surface area (Å²) in [5.74, 6) is -0.195. The van der Waals surface area contributed by atoms with Crippen LogP contribution in [-0.4, -0.2) is 35.9 Å². The Labute approximate surface area is 192 Å². The molecule has 1 saturated heterocycles. The highest BCUT2D eigenvalue weighted by Crippen LogP contribution is 2.36. The van der Waals surface area contributed by atoms with Crippen molar-refractivity contribution in [1.29, 1.82) is 0 Å². The fourth-order valence-electron chi connectivity index (χ4n) is 4.03. The van der Waals surface area contributed by atoms with Gasteiger partial charge in [-0.3, -0.25) is 9.59 Å². The molecule has 1 heterocycles. The second kappa shape index (κ2) is 9.16. The lowest BCUT2D eigenvalue weighted by Crippen LogP contribution is -2.50. The minimum Gasteiger partial charge on any atom is -0.497 e. The Morgan fingerprint density at radius 3 is 2.00 bits per heavy atom. The van der Waals surface area contributed by atoms with E-state index >= 15 is 0 Å². The molecular formula is C26H25N3O4. The first-order chi connectivity index (χ1) is 16.0. The maximum atomic E-state index is 13.8. The molecule has 0 aromatic heterocycles. The largest absolute Gasteiger partial charge is 0.497 e. The molecule has 168 valence electrons. The molecule has 1 fully saturated rings. The Balaban J connectivity index is 1.58. The molecular weight excluding hydrogens is 418 g/mol. The number of amides is 4. The molecule has 4 amide bonds. The number of hydrogen-bond donors (Lipinski definition) is 2. The van der Waals surface area contributed by atoms with Crippen molar-refractivity contribution >= 4 is 17.8 Å². The van der Waals surface area contributed by atoms with Crippen molar-refractivity contribution < 1.29 is 19.1 Å². The second-order valence-electron chi connectivity index (χ2n) is 7.83. The minimum atomic E-state index is -1.40. The van der Waals surface area contributed by atoms with E-state index in [2.05, 4.69) is 10.6 Å². The summed E-state index contributed by atoms with van der Waals surface area (Å²) in [4.78, 5) is 40.7. The van der Waals surface area contributed by atoms with Crippen LogP contribution in [0.3, 0.4) is 0 Å². The average molecular weight is 444 g/mol. The van der Waals surface area contributed by atoms with E-state index in [4.69, 9.17) is 4.74 Å². The van der Waals surface area contributed by atoms with Crippen LogP contribution in [0.25, 0.3) is 0 Å². The first kappa shape index (κ1) is 22.1. The Morgan fingerprint density at radius 1 is 0.939 bits per heavy atom. The number of carbonyl (C=O) groups is 3. The lowest BCUT2D eigenvalue weighted by Gasteiger charge is -2.29. The average Bonchev–Trinajstić information content (AvgIpc) is 3.14. The van der Waals surface area contributed by atoms with E-state index in [-0.39, 0.29) is 6.54 Å². The van der Waals surface area contributed by atoms with Gasteiger partial charge in [-0.25, -0.2) is 9.69 Å². The van der Waals surface area contributed by atoms with Gasteiger partial charge in [0, 0.05) is 6.54 Å². The van der Waals surface area contributed by atoms with Gasteiger partial charge < -0.3 is 15.4 Å². The van der Waals surface area contributed by atoms with Crippen molar-refractivity contribution in [3.8, 4) is 5.75 Å². The number of hydrogen-bond acceptors (Lipinski definition) is 4. The molecule has 0 aliphatic carbocycles. The predicted molar refractivity (Wildman–Crippen MR) is 123 cm³/mol. The smallest absolute Gasteiger partial charge is 0.326 e. The number of ether oxygens (including phenoxy) is 1. The van der Waals surface area contributed by atoms with E-state index in [9.17, 15) is 14.4 Å². The Kier molecular flexibility index (Phi) is 6.13. The third-order valence-electron chi connectivity index (χ3n) is 5.86. The zero-order chi connectivity index (χ0) is 23.4. The van der Waals surface area contributed by atoms with E-state index in [0.717, 1.165) is 16.2 Å². The van der Waals surface area contributed by atoms with Crippen LogP contribution in [0, 0.1) is 0 Å². The van der Waals surface area contributed by atoms with Crippen LogP contribution in [0.15, 0.2) is 84.9 Å². The van der Waals surface area contributed by atoms with Gasteiger partial charge in [-0.1, -0.05) is 72.8 Å². The molecule has 7 nitrogen and oxygen atoms in total. The molecule has 0 spiro atoms. The van der Waals surface area contributed by atoms with Crippen molar-refractivity contribution in [2.45, 2.75) is 25.0 Å². The van der Waals surface area contributed by atoms with Crippen LogP contribution >= 0.6 is 0 Å². The molecule has 3 aromatic rings. The lowest BCUT2D eigenvalue weighted by atomic mass is 9.82. The summed E-state index contributed by atoms with van der Waals surface area (Å²) in [7, 11) is 1.58. The summed E-state index contributed by atoms with van der Waals surface area (Å²) in [5, 5.41) is 5.67. The monoisotopic (exact) mass is 443 g/mol. The fraction of sp³-hybridized carbons (Fsp3) is 0.192. The summed E-state index contributed by atoms with van der Waals surface area (Å²) >= 11 is 0. The molecule has 7 heteroatoms. The minimum absolute atomic E-state index is 0.263. The van der Waals surface area contributed by atoms with E-state index in [1.54, 1.807) is 50.4 Å². The molecule has 1 atom stereocenters. The predicted octanol–water partition coefficient (Wildman–Crippen LogP) is 3.20. The SMILES string of the molecule is COc1ccc(CNC(=O)[C@@H](C)N2C(=O)NC(c3ccccc3)(c3ccccc3)C2=O)cc1. The van der Waals surface area contributed by atoms with Gasteiger partial charge in [0.2, 0.25) is 5.91 Å². The van der Waals surface area contributed by atoms with Crippen LogP contribution in [0.4, 0.5) is 4.79 Å². The van der Waals surface area contributed by atoms with Crippen LogP contribution in [-0.2, 0) is 21.7 Å². The number of rotatable bonds is 7. The number of urea groups is 1. The quantitative estimate of drug-likeness (QED) is 0.549. The standard InChI is InChI=1S/C26H25N3O4/c1-18(23(30)27-17-19-13-15-22(33-2)16-14-19)29-24(31)26(28-25(29)32,20-9-5-3-6-10-20)21-11-7-4-8-12-21/h3-16,18H,17H2,1-2H3,(H,27,30)(H,28,32)/t18-/m1/s1. The fourth-order valence-corrected chi connectivity index (χ4v) is 4.03. The van der Waals surface area contributed by atoms with Crippen LogP contribution < -0.4 is 15.4 Å². The molecule has 0 unspecified atom stereocenters. The van der Waals surface area contributed by atoms with Gasteiger partial charge in [0.25, 0.3) is 5.91 Å². The summed E-state index contributed by atoms with van der Waals surface area (Å²) in [6, 6.07) is 23.8. The lowest BCUT2D eigenvalue weighted by molar-refractivity contribution is -0.137. The van der Waals surface area contributed by atoms with Gasteiger partial charge in [0.1, 0.15) is 11.8 Å². The topological polar surface area (TPSA) is 87.7 Å². The third-order valence-corrected chi connectivity index (χ3v) is 5.86. The van der Waals surface area contributed by atoms with Gasteiger partial charge in [0.15, 0.2) is 5.54 Å². The molecule has 0 radical (unpaired) electrons. The third kappa shape index (κ3) is 4.05.